The predicted octanol–water partition coefficient (Wildman–Crippen LogP) is 0.750. The average Bonchev–Trinajstić information content (AvgIpc) is 3.53. The number of aliphatic hydroxyl groups is 2. The van der Waals surface area contributed by atoms with Crippen LogP contribution in [0, 0.1) is 0 Å². The molecule has 6 rings (SSSR count). The summed E-state index contributed by atoms with van der Waals surface area (Å²) in [7, 11) is 0. The summed E-state index contributed by atoms with van der Waals surface area (Å²) < 4.78 is 56.2. The molecule has 208 valence electrons. The molecule has 6 heterocycles. The maximum absolute atomic E-state index is 10.3. The minimum atomic E-state index is -0.765. The molecule has 0 aromatic heterocycles. The van der Waals surface area contributed by atoms with Gasteiger partial charge in [-0.05, 0) is 55.4 Å². The van der Waals surface area contributed by atoms with E-state index >= 15 is 0 Å². The smallest absolute Gasteiger partial charge is 0.190 e. The number of rotatable bonds is 2. The molecule has 12 nitrogen and oxygen atoms in total. The maximum atomic E-state index is 10.3. The highest BCUT2D eigenvalue weighted by Gasteiger charge is 2.59. The van der Waals surface area contributed by atoms with Crippen LogP contribution in [0.15, 0.2) is 0 Å². The quantitative estimate of drug-likeness (QED) is 0.532. The van der Waals surface area contributed by atoms with E-state index in [4.69, 9.17) is 47.4 Å². The summed E-state index contributed by atoms with van der Waals surface area (Å²) in [6.07, 6.45) is -5.06. The fourth-order valence-corrected chi connectivity index (χ4v) is 5.40. The first kappa shape index (κ1) is 27.1. The van der Waals surface area contributed by atoms with E-state index < -0.39 is 72.4 Å². The zero-order valence-electron chi connectivity index (χ0n) is 22.2. The topological polar surface area (TPSA) is 133 Å². The molecule has 6 aliphatic rings. The van der Waals surface area contributed by atoms with Crippen LogP contribution in [0.25, 0.3) is 0 Å². The fourth-order valence-electron chi connectivity index (χ4n) is 5.40. The minimum absolute atomic E-state index is 0.295. The highest BCUT2D eigenvalue weighted by Crippen LogP contribution is 2.42. The van der Waals surface area contributed by atoms with E-state index in [0.29, 0.717) is 13.2 Å². The zero-order valence-corrected chi connectivity index (χ0v) is 22.2. The van der Waals surface area contributed by atoms with Crippen LogP contribution in [-0.4, -0.2) is 108 Å². The Morgan fingerprint density at radius 2 is 0.833 bits per heavy atom. The lowest BCUT2D eigenvalue weighted by Gasteiger charge is -2.26. The first-order valence-electron chi connectivity index (χ1n) is 12.6. The molecule has 0 spiro atoms. The Labute approximate surface area is 211 Å². The second-order valence-electron chi connectivity index (χ2n) is 11.9. The van der Waals surface area contributed by atoms with Crippen molar-refractivity contribution in [3.8, 4) is 0 Å². The van der Waals surface area contributed by atoms with Crippen molar-refractivity contribution in [3.05, 3.63) is 0 Å². The van der Waals surface area contributed by atoms with Gasteiger partial charge in [-0.2, -0.15) is 0 Å². The lowest BCUT2D eigenvalue weighted by atomic mass is 10.1. The van der Waals surface area contributed by atoms with Crippen LogP contribution >= 0.6 is 0 Å². The van der Waals surface area contributed by atoms with Crippen LogP contribution < -0.4 is 0 Å². The summed E-state index contributed by atoms with van der Waals surface area (Å²) in [5.41, 5.74) is 0. The molecule has 0 amide bonds. The molecule has 12 heteroatoms. The second-order valence-corrected chi connectivity index (χ2v) is 11.9. The van der Waals surface area contributed by atoms with Crippen LogP contribution in [0.1, 0.15) is 55.4 Å². The molecule has 6 aliphatic heterocycles. The molecule has 0 aromatic rings. The molecule has 4 unspecified atom stereocenters. The first-order chi connectivity index (χ1) is 16.5. The molecular formula is C24H40O12. The molecular weight excluding hydrogens is 480 g/mol. The minimum Gasteiger partial charge on any atom is -0.387 e. The van der Waals surface area contributed by atoms with Gasteiger partial charge in [-0.1, -0.05) is 0 Å². The number of ether oxygens (including phenoxy) is 10. The Morgan fingerprint density at radius 1 is 0.472 bits per heavy atom. The number of hydrogen-bond acceptors (Lipinski definition) is 12. The normalized spacial score (nSPS) is 49.5. The Kier molecular flexibility index (Phi) is 6.80. The standard InChI is InChI=1S/2C12H20O6/c2*1-11(2)14-5-6(16-11)8-7(13)9-10(15-8)18-12(3,4)17-9/h2*6-10,13H,5H2,1-4H3/t2*6?,7?,8-,9+,10-/m11/s1. The molecule has 10 atom stereocenters. The third kappa shape index (κ3) is 5.33. The van der Waals surface area contributed by atoms with Gasteiger partial charge in [0.25, 0.3) is 0 Å². The van der Waals surface area contributed by atoms with Gasteiger partial charge in [0.1, 0.15) is 48.8 Å². The Morgan fingerprint density at radius 3 is 1.11 bits per heavy atom. The van der Waals surface area contributed by atoms with E-state index in [9.17, 15) is 10.2 Å². The summed E-state index contributed by atoms with van der Waals surface area (Å²) in [5, 5.41) is 20.5. The van der Waals surface area contributed by atoms with Crippen molar-refractivity contribution in [2.75, 3.05) is 13.2 Å². The van der Waals surface area contributed by atoms with E-state index in [2.05, 4.69) is 0 Å². The number of fused-ring (bicyclic) bond motifs is 2. The average molecular weight is 521 g/mol. The monoisotopic (exact) mass is 520 g/mol. The van der Waals surface area contributed by atoms with E-state index in [1.807, 2.05) is 27.7 Å². The molecule has 2 N–H and O–H groups in total. The summed E-state index contributed by atoms with van der Waals surface area (Å²) in [4.78, 5) is 0. The van der Waals surface area contributed by atoms with Crippen molar-refractivity contribution in [2.45, 2.75) is 140 Å². The molecule has 6 fully saturated rings. The van der Waals surface area contributed by atoms with E-state index in [1.54, 1.807) is 27.7 Å². The zero-order chi connectivity index (χ0) is 26.3. The van der Waals surface area contributed by atoms with Crippen molar-refractivity contribution in [2.24, 2.45) is 0 Å². The van der Waals surface area contributed by atoms with Crippen LogP contribution in [0.4, 0.5) is 0 Å². The highest BCUT2D eigenvalue weighted by atomic mass is 16.9. The van der Waals surface area contributed by atoms with Gasteiger partial charge in [-0.3, -0.25) is 0 Å². The van der Waals surface area contributed by atoms with Crippen molar-refractivity contribution in [3.63, 3.8) is 0 Å². The van der Waals surface area contributed by atoms with Crippen molar-refractivity contribution < 1.29 is 57.6 Å². The summed E-state index contributed by atoms with van der Waals surface area (Å²) in [6, 6.07) is 0. The molecule has 6 saturated heterocycles. The molecule has 0 aliphatic carbocycles. The van der Waals surface area contributed by atoms with Gasteiger partial charge in [-0.25, -0.2) is 0 Å². The third-order valence-electron chi connectivity index (χ3n) is 6.90. The Bertz CT molecular complexity index is 749. The van der Waals surface area contributed by atoms with Crippen LogP contribution in [0.2, 0.25) is 0 Å². The Hall–Kier alpha value is -0.480. The SMILES string of the molecule is CC1(C)OCC([C@H]2O[C@@H]3OC(C)(C)O[C@H]3C2O)O1.CC1(C)OCC([C@H]2O[C@@H]3OC(C)(C)O[C@H]3C2O)O1. The molecule has 0 saturated carbocycles. The molecule has 0 aromatic carbocycles. The second kappa shape index (κ2) is 9.04. The summed E-state index contributed by atoms with van der Waals surface area (Å²) in [6.45, 7) is 15.4. The Balaban J connectivity index is 0.000000148. The fraction of sp³-hybridized carbons (Fsp3) is 1.00. The van der Waals surface area contributed by atoms with Gasteiger partial charge < -0.3 is 57.6 Å². The van der Waals surface area contributed by atoms with Gasteiger partial charge in [-0.15, -0.1) is 0 Å². The third-order valence-corrected chi connectivity index (χ3v) is 6.90. The van der Waals surface area contributed by atoms with Gasteiger partial charge in [0.15, 0.2) is 35.7 Å². The van der Waals surface area contributed by atoms with Crippen molar-refractivity contribution >= 4 is 0 Å². The van der Waals surface area contributed by atoms with Crippen LogP contribution in [0.5, 0.6) is 0 Å². The van der Waals surface area contributed by atoms with E-state index in [-0.39, 0.29) is 12.2 Å². The van der Waals surface area contributed by atoms with Gasteiger partial charge >= 0.3 is 0 Å². The van der Waals surface area contributed by atoms with Crippen LogP contribution in [-0.2, 0) is 47.4 Å². The van der Waals surface area contributed by atoms with E-state index in [0.717, 1.165) is 0 Å². The van der Waals surface area contributed by atoms with Crippen LogP contribution in [0.3, 0.4) is 0 Å². The predicted molar refractivity (Wildman–Crippen MR) is 119 cm³/mol. The van der Waals surface area contributed by atoms with Gasteiger partial charge in [0.05, 0.1) is 13.2 Å². The van der Waals surface area contributed by atoms with Crippen molar-refractivity contribution in [1.29, 1.82) is 0 Å². The lowest BCUT2D eigenvalue weighted by Crippen LogP contribution is -2.42. The first-order valence-corrected chi connectivity index (χ1v) is 12.6. The molecule has 0 radical (unpaired) electrons. The summed E-state index contributed by atoms with van der Waals surface area (Å²) >= 11 is 0. The molecule has 36 heavy (non-hydrogen) atoms. The highest BCUT2D eigenvalue weighted by molar-refractivity contribution is 4.98. The van der Waals surface area contributed by atoms with Gasteiger partial charge in [0, 0.05) is 0 Å². The van der Waals surface area contributed by atoms with Crippen molar-refractivity contribution in [1.82, 2.24) is 0 Å². The largest absolute Gasteiger partial charge is 0.387 e. The van der Waals surface area contributed by atoms with Gasteiger partial charge in [0.2, 0.25) is 0 Å². The van der Waals surface area contributed by atoms with E-state index in [1.165, 1.54) is 0 Å². The summed E-state index contributed by atoms with van der Waals surface area (Å²) in [5.74, 6) is -2.69. The number of hydrogen-bond donors (Lipinski definition) is 2. The molecule has 0 bridgehead atoms. The lowest BCUT2D eigenvalue weighted by molar-refractivity contribution is -0.232. The maximum Gasteiger partial charge on any atom is 0.190 e. The number of aliphatic hydroxyl groups excluding tert-OH is 2.